The molecular formula is C13H7F4N3O. The highest BCUT2D eigenvalue weighted by molar-refractivity contribution is 5.75. The van der Waals surface area contributed by atoms with Crippen molar-refractivity contribution in [2.24, 2.45) is 0 Å². The fraction of sp³-hybridized carbons (Fsp3) is 0.0769. The molecule has 0 saturated heterocycles. The van der Waals surface area contributed by atoms with E-state index in [4.69, 9.17) is 4.74 Å². The molecule has 0 unspecified atom stereocenters. The zero-order valence-corrected chi connectivity index (χ0v) is 10.3. The third-order valence-electron chi connectivity index (χ3n) is 2.83. The lowest BCUT2D eigenvalue weighted by Gasteiger charge is -2.09. The predicted octanol–water partition coefficient (Wildman–Crippen LogP) is 3.97. The zero-order valence-electron chi connectivity index (χ0n) is 10.3. The number of aromatic nitrogens is 3. The molecule has 0 fully saturated rings. The first kappa shape index (κ1) is 13.3. The molecule has 0 amide bonds. The Kier molecular flexibility index (Phi) is 3.20. The maximum Gasteiger partial charge on any atom is 0.266 e. The monoisotopic (exact) mass is 297 g/mol. The highest BCUT2D eigenvalue weighted by atomic mass is 19.3. The molecule has 21 heavy (non-hydrogen) atoms. The molecule has 0 saturated carbocycles. The first-order chi connectivity index (χ1) is 10.1. The van der Waals surface area contributed by atoms with E-state index < -0.39 is 29.4 Å². The van der Waals surface area contributed by atoms with Crippen molar-refractivity contribution in [3.63, 3.8) is 0 Å². The molecule has 1 heterocycles. The predicted molar refractivity (Wildman–Crippen MR) is 65.3 cm³/mol. The van der Waals surface area contributed by atoms with Crippen LogP contribution in [0.1, 0.15) is 12.0 Å². The number of alkyl halides is 2. The maximum atomic E-state index is 13.7. The van der Waals surface area contributed by atoms with Crippen molar-refractivity contribution in [1.82, 2.24) is 15.4 Å². The van der Waals surface area contributed by atoms with E-state index in [1.54, 1.807) is 6.07 Å². The van der Waals surface area contributed by atoms with Crippen LogP contribution in [0.5, 0.6) is 11.5 Å². The molecule has 3 aromatic rings. The van der Waals surface area contributed by atoms with Crippen molar-refractivity contribution in [2.45, 2.75) is 6.43 Å². The van der Waals surface area contributed by atoms with E-state index >= 15 is 0 Å². The van der Waals surface area contributed by atoms with Gasteiger partial charge < -0.3 is 4.74 Å². The molecule has 2 aromatic carbocycles. The first-order valence-electron chi connectivity index (χ1n) is 5.80. The van der Waals surface area contributed by atoms with Crippen LogP contribution in [0.3, 0.4) is 0 Å². The molecule has 0 atom stereocenters. The van der Waals surface area contributed by atoms with Crippen molar-refractivity contribution in [3.8, 4) is 11.5 Å². The molecule has 0 aliphatic carbocycles. The summed E-state index contributed by atoms with van der Waals surface area (Å²) in [6.07, 6.45) is -3.10. The van der Waals surface area contributed by atoms with Crippen molar-refractivity contribution in [2.75, 3.05) is 0 Å². The quantitative estimate of drug-likeness (QED) is 0.744. The first-order valence-corrected chi connectivity index (χ1v) is 5.80. The summed E-state index contributed by atoms with van der Waals surface area (Å²) < 4.78 is 57.2. The minimum atomic E-state index is -3.10. The van der Waals surface area contributed by atoms with E-state index in [0.717, 1.165) is 12.1 Å². The molecule has 3 rings (SSSR count). The number of hydrogen-bond acceptors (Lipinski definition) is 3. The third kappa shape index (κ3) is 2.39. The van der Waals surface area contributed by atoms with Gasteiger partial charge in [0.05, 0.1) is 5.56 Å². The number of aromatic amines is 1. The van der Waals surface area contributed by atoms with Crippen LogP contribution < -0.4 is 4.74 Å². The SMILES string of the molecule is Fc1c(Oc2ccc3n[nH]nc3c2)ccc(C(F)F)c1F. The molecule has 0 spiro atoms. The smallest absolute Gasteiger partial charge is 0.266 e. The summed E-state index contributed by atoms with van der Waals surface area (Å²) >= 11 is 0. The topological polar surface area (TPSA) is 50.8 Å². The lowest BCUT2D eigenvalue weighted by molar-refractivity contribution is 0.145. The Morgan fingerprint density at radius 1 is 0.952 bits per heavy atom. The van der Waals surface area contributed by atoms with Gasteiger partial charge in [-0.25, -0.2) is 13.2 Å². The lowest BCUT2D eigenvalue weighted by atomic mass is 10.2. The van der Waals surface area contributed by atoms with Gasteiger partial charge in [0, 0.05) is 6.07 Å². The van der Waals surface area contributed by atoms with Crippen LogP contribution in [-0.2, 0) is 0 Å². The summed E-state index contributed by atoms with van der Waals surface area (Å²) in [5.74, 6) is -3.39. The van der Waals surface area contributed by atoms with Crippen molar-refractivity contribution < 1.29 is 22.3 Å². The van der Waals surface area contributed by atoms with Crippen LogP contribution in [0.25, 0.3) is 11.0 Å². The molecule has 108 valence electrons. The Labute approximate surface area is 115 Å². The third-order valence-corrected chi connectivity index (χ3v) is 2.83. The van der Waals surface area contributed by atoms with E-state index in [1.807, 2.05) is 0 Å². The average molecular weight is 297 g/mol. The summed E-state index contributed by atoms with van der Waals surface area (Å²) in [6, 6.07) is 6.23. The standard InChI is InChI=1S/C13H7F4N3O/c14-11-7(13(16)17)2-4-10(12(11)15)21-6-1-3-8-9(5-6)19-20-18-8/h1-5,13H,(H,18,19,20). The Hall–Kier alpha value is -2.64. The number of nitrogens with zero attached hydrogens (tertiary/aromatic N) is 2. The summed E-state index contributed by atoms with van der Waals surface area (Å²) in [7, 11) is 0. The van der Waals surface area contributed by atoms with Gasteiger partial charge in [0.2, 0.25) is 5.82 Å². The van der Waals surface area contributed by atoms with Gasteiger partial charge in [-0.1, -0.05) is 0 Å². The summed E-state index contributed by atoms with van der Waals surface area (Å²) in [5.41, 5.74) is 0.0337. The van der Waals surface area contributed by atoms with Gasteiger partial charge in [-0.3, -0.25) is 0 Å². The molecule has 0 radical (unpaired) electrons. The lowest BCUT2D eigenvalue weighted by Crippen LogP contribution is -1.98. The highest BCUT2D eigenvalue weighted by Gasteiger charge is 2.20. The largest absolute Gasteiger partial charge is 0.454 e. The minimum Gasteiger partial charge on any atom is -0.454 e. The molecule has 0 aliphatic heterocycles. The molecule has 1 N–H and O–H groups in total. The molecule has 4 nitrogen and oxygen atoms in total. The number of ether oxygens (including phenoxy) is 1. The van der Waals surface area contributed by atoms with Crippen LogP contribution in [-0.4, -0.2) is 15.4 Å². The van der Waals surface area contributed by atoms with Gasteiger partial charge in [0.1, 0.15) is 16.8 Å². The number of fused-ring (bicyclic) bond motifs is 1. The second-order valence-electron chi connectivity index (χ2n) is 4.16. The van der Waals surface area contributed by atoms with Gasteiger partial charge in [-0.15, -0.1) is 0 Å². The van der Waals surface area contributed by atoms with Gasteiger partial charge in [0.25, 0.3) is 6.43 Å². The van der Waals surface area contributed by atoms with Crippen molar-refractivity contribution in [3.05, 3.63) is 47.5 Å². The fourth-order valence-corrected chi connectivity index (χ4v) is 1.80. The Bertz CT molecular complexity index is 803. The van der Waals surface area contributed by atoms with Gasteiger partial charge >= 0.3 is 0 Å². The molecule has 0 bridgehead atoms. The van der Waals surface area contributed by atoms with Crippen LogP contribution in [0, 0.1) is 11.6 Å². The van der Waals surface area contributed by atoms with E-state index in [2.05, 4.69) is 15.4 Å². The number of rotatable bonds is 3. The number of halogens is 4. The Morgan fingerprint density at radius 3 is 2.48 bits per heavy atom. The normalized spacial score (nSPS) is 11.3. The number of hydrogen-bond donors (Lipinski definition) is 1. The van der Waals surface area contributed by atoms with E-state index in [1.165, 1.54) is 12.1 Å². The fourth-order valence-electron chi connectivity index (χ4n) is 1.80. The molecular weight excluding hydrogens is 290 g/mol. The molecule has 1 aromatic heterocycles. The van der Waals surface area contributed by atoms with Crippen molar-refractivity contribution in [1.29, 1.82) is 0 Å². The van der Waals surface area contributed by atoms with Crippen LogP contribution in [0.4, 0.5) is 17.6 Å². The van der Waals surface area contributed by atoms with Crippen LogP contribution in [0.2, 0.25) is 0 Å². The summed E-state index contributed by atoms with van der Waals surface area (Å²) in [5, 5.41) is 10.0. The number of H-pyrrole nitrogens is 1. The van der Waals surface area contributed by atoms with Crippen LogP contribution in [0.15, 0.2) is 30.3 Å². The number of nitrogens with one attached hydrogen (secondary N) is 1. The maximum absolute atomic E-state index is 13.7. The summed E-state index contributed by atoms with van der Waals surface area (Å²) in [6.45, 7) is 0. The average Bonchev–Trinajstić information content (AvgIpc) is 2.91. The molecule has 0 aliphatic rings. The molecule has 8 heteroatoms. The second kappa shape index (κ2) is 5.04. The summed E-state index contributed by atoms with van der Waals surface area (Å²) in [4.78, 5) is 0. The second-order valence-corrected chi connectivity index (χ2v) is 4.16. The van der Waals surface area contributed by atoms with Crippen molar-refractivity contribution >= 4 is 11.0 Å². The van der Waals surface area contributed by atoms with E-state index in [0.29, 0.717) is 11.0 Å². The van der Waals surface area contributed by atoms with Gasteiger partial charge in [0.15, 0.2) is 11.6 Å². The number of benzene rings is 2. The Balaban J connectivity index is 1.95. The zero-order chi connectivity index (χ0) is 15.0. The van der Waals surface area contributed by atoms with E-state index in [-0.39, 0.29) is 5.75 Å². The van der Waals surface area contributed by atoms with E-state index in [9.17, 15) is 17.6 Å². The van der Waals surface area contributed by atoms with Gasteiger partial charge in [-0.2, -0.15) is 19.8 Å². The van der Waals surface area contributed by atoms with Crippen LogP contribution >= 0.6 is 0 Å². The highest BCUT2D eigenvalue weighted by Crippen LogP contribution is 2.32. The minimum absolute atomic E-state index is 0.180. The Morgan fingerprint density at radius 2 is 1.71 bits per heavy atom. The van der Waals surface area contributed by atoms with Gasteiger partial charge in [-0.05, 0) is 24.3 Å².